The highest BCUT2D eigenvalue weighted by Gasteiger charge is 2.10. The number of rotatable bonds is 9. The fourth-order valence-electron chi connectivity index (χ4n) is 2.34. The summed E-state index contributed by atoms with van der Waals surface area (Å²) in [6.07, 6.45) is 3.38. The number of nitrogens with zero attached hydrogens (tertiary/aromatic N) is 1. The molecule has 1 aromatic heterocycles. The van der Waals surface area contributed by atoms with E-state index in [1.54, 1.807) is 12.1 Å². The van der Waals surface area contributed by atoms with Crippen molar-refractivity contribution in [2.24, 2.45) is 0 Å². The number of hydrogen-bond acceptors (Lipinski definition) is 4. The molecule has 5 heteroatoms. The third-order valence-corrected chi connectivity index (χ3v) is 3.64. The van der Waals surface area contributed by atoms with Gasteiger partial charge in [-0.2, -0.15) is 0 Å². The molecule has 26 heavy (non-hydrogen) atoms. The number of pyridine rings is 1. The second-order valence-corrected chi connectivity index (χ2v) is 7.04. The van der Waals surface area contributed by atoms with E-state index in [1.807, 2.05) is 39.0 Å². The van der Waals surface area contributed by atoms with Crippen molar-refractivity contribution in [2.45, 2.75) is 39.2 Å². The maximum absolute atomic E-state index is 12.1. The Morgan fingerprint density at radius 2 is 1.85 bits per heavy atom. The molecule has 0 aliphatic rings. The summed E-state index contributed by atoms with van der Waals surface area (Å²) in [7, 11) is 0. The Morgan fingerprint density at radius 3 is 2.50 bits per heavy atom. The quantitative estimate of drug-likeness (QED) is 0.697. The van der Waals surface area contributed by atoms with Crippen LogP contribution < -0.4 is 10.1 Å². The summed E-state index contributed by atoms with van der Waals surface area (Å²) in [5.74, 6) is 0.372. The van der Waals surface area contributed by atoms with Gasteiger partial charge in [-0.05, 0) is 45.2 Å². The van der Waals surface area contributed by atoms with E-state index in [9.17, 15) is 4.79 Å². The van der Waals surface area contributed by atoms with Crippen LogP contribution in [-0.2, 0) is 11.2 Å². The molecule has 0 spiro atoms. The largest absolute Gasteiger partial charge is 0.475 e. The van der Waals surface area contributed by atoms with Gasteiger partial charge < -0.3 is 14.8 Å². The molecule has 0 radical (unpaired) electrons. The van der Waals surface area contributed by atoms with Gasteiger partial charge in [0.1, 0.15) is 6.61 Å². The predicted molar refractivity (Wildman–Crippen MR) is 103 cm³/mol. The van der Waals surface area contributed by atoms with E-state index in [0.717, 1.165) is 12.8 Å². The molecule has 0 bridgehead atoms. The zero-order valence-corrected chi connectivity index (χ0v) is 15.8. The number of aromatic nitrogens is 1. The summed E-state index contributed by atoms with van der Waals surface area (Å²) in [5, 5.41) is 2.92. The molecule has 1 N–H and O–H groups in total. The highest BCUT2D eigenvalue weighted by atomic mass is 16.5. The summed E-state index contributed by atoms with van der Waals surface area (Å²) in [5.41, 5.74) is 1.63. The van der Waals surface area contributed by atoms with Gasteiger partial charge in [0.05, 0.1) is 17.8 Å². The van der Waals surface area contributed by atoms with Gasteiger partial charge >= 0.3 is 0 Å². The minimum absolute atomic E-state index is 0.117. The zero-order chi connectivity index (χ0) is 18.8. The molecular formula is C21H28N2O3. The van der Waals surface area contributed by atoms with Gasteiger partial charge in [0.2, 0.25) is 5.88 Å². The first-order valence-electron chi connectivity index (χ1n) is 8.99. The van der Waals surface area contributed by atoms with Crippen molar-refractivity contribution in [3.63, 3.8) is 0 Å². The number of ether oxygens (including phenoxy) is 2. The first kappa shape index (κ1) is 19.9. The number of amides is 1. The number of nitrogens with one attached hydrogen (secondary N) is 1. The Kier molecular flexibility index (Phi) is 7.60. The molecule has 0 saturated heterocycles. The van der Waals surface area contributed by atoms with Crippen molar-refractivity contribution in [3.8, 4) is 5.88 Å². The van der Waals surface area contributed by atoms with Crippen LogP contribution in [0.25, 0.3) is 0 Å². The lowest BCUT2D eigenvalue weighted by molar-refractivity contribution is -0.0168. The molecule has 0 saturated carbocycles. The Morgan fingerprint density at radius 1 is 1.08 bits per heavy atom. The fourth-order valence-corrected chi connectivity index (χ4v) is 2.34. The van der Waals surface area contributed by atoms with E-state index in [1.165, 1.54) is 11.8 Å². The van der Waals surface area contributed by atoms with Crippen LogP contribution in [0.1, 0.15) is 43.1 Å². The Labute approximate surface area is 155 Å². The van der Waals surface area contributed by atoms with E-state index < -0.39 is 0 Å². The van der Waals surface area contributed by atoms with Crippen molar-refractivity contribution in [3.05, 3.63) is 59.8 Å². The third kappa shape index (κ3) is 7.66. The van der Waals surface area contributed by atoms with Crippen LogP contribution in [0, 0.1) is 0 Å². The predicted octanol–water partition coefficient (Wildman–Crippen LogP) is 3.64. The van der Waals surface area contributed by atoms with Gasteiger partial charge in [0, 0.05) is 18.8 Å². The number of carbonyl (C=O) groups excluding carboxylic acids is 1. The highest BCUT2D eigenvalue weighted by Crippen LogP contribution is 2.09. The van der Waals surface area contributed by atoms with E-state index in [0.29, 0.717) is 31.2 Å². The normalized spacial score (nSPS) is 11.2. The molecule has 2 aromatic rings. The van der Waals surface area contributed by atoms with Gasteiger partial charge in [-0.1, -0.05) is 30.3 Å². The van der Waals surface area contributed by atoms with Crippen LogP contribution in [0.15, 0.2) is 48.7 Å². The van der Waals surface area contributed by atoms with E-state index in [4.69, 9.17) is 9.47 Å². The first-order chi connectivity index (χ1) is 12.4. The number of hydrogen-bond donors (Lipinski definition) is 1. The van der Waals surface area contributed by atoms with Gasteiger partial charge in [-0.25, -0.2) is 4.98 Å². The second-order valence-electron chi connectivity index (χ2n) is 7.04. The van der Waals surface area contributed by atoms with Gasteiger partial charge in [-0.3, -0.25) is 4.79 Å². The molecule has 140 valence electrons. The van der Waals surface area contributed by atoms with Crippen molar-refractivity contribution < 1.29 is 14.3 Å². The van der Waals surface area contributed by atoms with Crippen LogP contribution in [0.4, 0.5) is 0 Å². The fraction of sp³-hybridized carbons (Fsp3) is 0.429. The molecule has 1 aromatic carbocycles. The first-order valence-corrected chi connectivity index (χ1v) is 8.99. The highest BCUT2D eigenvalue weighted by molar-refractivity contribution is 5.93. The summed E-state index contributed by atoms with van der Waals surface area (Å²) in [6, 6.07) is 13.7. The summed E-state index contributed by atoms with van der Waals surface area (Å²) in [6.45, 7) is 7.55. The lowest BCUT2D eigenvalue weighted by atomic mass is 10.1. The van der Waals surface area contributed by atoms with Crippen LogP contribution in [0.3, 0.4) is 0 Å². The average molecular weight is 356 g/mol. The summed E-state index contributed by atoms with van der Waals surface area (Å²) < 4.78 is 11.1. The van der Waals surface area contributed by atoms with E-state index in [2.05, 4.69) is 22.4 Å². The van der Waals surface area contributed by atoms with Crippen LogP contribution in [0.5, 0.6) is 5.88 Å². The Bertz CT molecular complexity index is 664. The van der Waals surface area contributed by atoms with Crippen LogP contribution >= 0.6 is 0 Å². The molecule has 0 aliphatic carbocycles. The average Bonchev–Trinajstić information content (AvgIpc) is 2.63. The van der Waals surface area contributed by atoms with Crippen molar-refractivity contribution >= 4 is 5.91 Å². The maximum atomic E-state index is 12.1. The Hall–Kier alpha value is -2.40. The molecule has 5 nitrogen and oxygen atoms in total. The molecule has 0 unspecified atom stereocenters. The molecule has 0 aliphatic heterocycles. The van der Waals surface area contributed by atoms with Crippen molar-refractivity contribution in [1.29, 1.82) is 0 Å². The van der Waals surface area contributed by atoms with Gasteiger partial charge in [0.15, 0.2) is 0 Å². The van der Waals surface area contributed by atoms with E-state index in [-0.39, 0.29) is 11.5 Å². The van der Waals surface area contributed by atoms with Crippen LogP contribution in [0.2, 0.25) is 0 Å². The lowest BCUT2D eigenvalue weighted by Gasteiger charge is -2.19. The van der Waals surface area contributed by atoms with Crippen LogP contribution in [-0.4, -0.2) is 36.3 Å². The van der Waals surface area contributed by atoms with E-state index >= 15 is 0 Å². The topological polar surface area (TPSA) is 60.5 Å². The molecule has 2 rings (SSSR count). The van der Waals surface area contributed by atoms with Gasteiger partial charge in [-0.15, -0.1) is 0 Å². The maximum Gasteiger partial charge on any atom is 0.252 e. The van der Waals surface area contributed by atoms with Crippen molar-refractivity contribution in [1.82, 2.24) is 10.3 Å². The smallest absolute Gasteiger partial charge is 0.252 e. The standard InChI is InChI=1S/C21H28N2O3/c1-21(2,3)26-15-14-25-19-12-11-18(16-23-19)20(24)22-13-7-10-17-8-5-4-6-9-17/h4-6,8-9,11-12,16H,7,10,13-15H2,1-3H3,(H,22,24). The lowest BCUT2D eigenvalue weighted by Crippen LogP contribution is -2.25. The number of benzene rings is 1. The minimum atomic E-state index is -0.181. The van der Waals surface area contributed by atoms with Crippen molar-refractivity contribution in [2.75, 3.05) is 19.8 Å². The second kappa shape index (κ2) is 9.92. The summed E-state index contributed by atoms with van der Waals surface area (Å²) in [4.78, 5) is 16.3. The number of carbonyl (C=O) groups is 1. The third-order valence-electron chi connectivity index (χ3n) is 3.64. The monoisotopic (exact) mass is 356 g/mol. The molecule has 1 heterocycles. The molecule has 0 atom stereocenters. The molecular weight excluding hydrogens is 328 g/mol. The molecule has 0 fully saturated rings. The van der Waals surface area contributed by atoms with Gasteiger partial charge in [0.25, 0.3) is 5.91 Å². The number of aryl methyl sites for hydroxylation is 1. The minimum Gasteiger partial charge on any atom is -0.475 e. The zero-order valence-electron chi connectivity index (χ0n) is 15.8. The Balaban J connectivity index is 1.67. The summed E-state index contributed by atoms with van der Waals surface area (Å²) >= 11 is 0. The SMILES string of the molecule is CC(C)(C)OCCOc1ccc(C(=O)NCCCc2ccccc2)cn1. The molecule has 1 amide bonds.